The van der Waals surface area contributed by atoms with E-state index in [2.05, 4.69) is 12.6 Å². The van der Waals surface area contributed by atoms with E-state index in [9.17, 15) is 0 Å². The van der Waals surface area contributed by atoms with Crippen molar-refractivity contribution in [3.05, 3.63) is 28.8 Å². The van der Waals surface area contributed by atoms with Gasteiger partial charge in [-0.25, -0.2) is 0 Å². The molecular weight excluding hydrogens is 248 g/mol. The molecule has 62 valence electrons. The summed E-state index contributed by atoms with van der Waals surface area (Å²) in [5.41, 5.74) is 0.458. The van der Waals surface area contributed by atoms with Crippen molar-refractivity contribution in [3.8, 4) is 18.2 Å². The van der Waals surface area contributed by atoms with Gasteiger partial charge in [0.1, 0.15) is 18.2 Å². The van der Waals surface area contributed by atoms with Crippen LogP contribution in [0.1, 0.15) is 16.7 Å². The van der Waals surface area contributed by atoms with Gasteiger partial charge in [-0.1, -0.05) is 0 Å². The molecule has 0 radical (unpaired) electrons. The van der Waals surface area contributed by atoms with Crippen molar-refractivity contribution in [2.75, 3.05) is 0 Å². The van der Waals surface area contributed by atoms with Gasteiger partial charge in [-0.05, 0) is 12.1 Å². The average Bonchev–Trinajstić information content (AvgIpc) is 2.17. The number of thiol groups is 1. The fraction of sp³-hybridized carbons (Fsp3) is 0. The third-order valence-electron chi connectivity index (χ3n) is 1.53. The molecule has 5 heteroatoms. The molecule has 0 amide bonds. The molecule has 1 aromatic rings. The molecule has 1 aromatic carbocycles. The smallest absolute Gasteiger partial charge is 0.102 e. The summed E-state index contributed by atoms with van der Waals surface area (Å²) in [7, 11) is 0. The van der Waals surface area contributed by atoms with Gasteiger partial charge in [-0.2, -0.15) is 15.8 Å². The van der Waals surface area contributed by atoms with Gasteiger partial charge < -0.3 is 0 Å². The molecule has 0 saturated heterocycles. The van der Waals surface area contributed by atoms with Gasteiger partial charge in [-0.15, -0.1) is 12.6 Å². The van der Waals surface area contributed by atoms with Crippen molar-refractivity contribution in [3.63, 3.8) is 0 Å². The van der Waals surface area contributed by atoms with Crippen LogP contribution in [0.3, 0.4) is 0 Å². The van der Waals surface area contributed by atoms with Gasteiger partial charge >= 0.3 is 0 Å². The fourth-order valence-electron chi connectivity index (χ4n) is 0.914. The third kappa shape index (κ3) is 2.12. The van der Waals surface area contributed by atoms with Gasteiger partial charge in [0.2, 0.25) is 0 Å². The van der Waals surface area contributed by atoms with Crippen LogP contribution < -0.4 is 0 Å². The monoisotopic (exact) mass is 249 g/mol. The first kappa shape index (κ1) is 12.7. The maximum Gasteiger partial charge on any atom is 0.102 e. The SMILES string of the molecule is N#Cc1ccc(S)c(C#N)c1C#N.[Zn]. The van der Waals surface area contributed by atoms with Crippen LogP contribution in [0.5, 0.6) is 0 Å². The number of benzene rings is 1. The van der Waals surface area contributed by atoms with Crippen LogP contribution in [0, 0.1) is 34.0 Å². The van der Waals surface area contributed by atoms with Crippen LogP contribution in [0.2, 0.25) is 0 Å². The molecule has 0 heterocycles. The molecule has 0 fully saturated rings. The molecule has 3 nitrogen and oxygen atoms in total. The van der Waals surface area contributed by atoms with Crippen LogP contribution in [-0.4, -0.2) is 0 Å². The van der Waals surface area contributed by atoms with Crippen molar-refractivity contribution >= 4 is 12.6 Å². The van der Waals surface area contributed by atoms with E-state index in [1.54, 1.807) is 0 Å². The number of nitriles is 3. The number of rotatable bonds is 0. The van der Waals surface area contributed by atoms with E-state index in [4.69, 9.17) is 15.8 Å². The Balaban J connectivity index is 0.00000169. The molecule has 0 spiro atoms. The molecule has 0 aliphatic carbocycles. The normalized spacial score (nSPS) is 7.57. The number of nitrogens with zero attached hydrogens (tertiary/aromatic N) is 3. The Bertz CT molecular complexity index is 477. The molecule has 0 atom stereocenters. The first-order chi connectivity index (χ1) is 6.24. The van der Waals surface area contributed by atoms with Crippen LogP contribution in [-0.2, 0) is 19.5 Å². The quantitative estimate of drug-likeness (QED) is 0.561. The molecule has 0 bridgehead atoms. The molecule has 0 aliphatic heterocycles. The minimum absolute atomic E-state index is 0. The second kappa shape index (κ2) is 5.41. The van der Waals surface area contributed by atoms with Gasteiger partial charge in [0.05, 0.1) is 16.7 Å². The van der Waals surface area contributed by atoms with Crippen molar-refractivity contribution in [2.45, 2.75) is 4.90 Å². The van der Waals surface area contributed by atoms with E-state index in [0.717, 1.165) is 0 Å². The number of hydrogen-bond donors (Lipinski definition) is 1. The summed E-state index contributed by atoms with van der Waals surface area (Å²) in [6.07, 6.45) is 0. The maximum atomic E-state index is 8.70. The Morgan fingerprint density at radius 3 is 1.93 bits per heavy atom. The van der Waals surface area contributed by atoms with Gasteiger partial charge in [0, 0.05) is 24.4 Å². The molecule has 1 rings (SSSR count). The van der Waals surface area contributed by atoms with Gasteiger partial charge in [0.25, 0.3) is 0 Å². The Kier molecular flexibility index (Phi) is 4.89. The molecular formula is C9H3N3SZn. The maximum absolute atomic E-state index is 8.70. The van der Waals surface area contributed by atoms with E-state index in [-0.39, 0.29) is 36.2 Å². The summed E-state index contributed by atoms with van der Waals surface area (Å²) in [6, 6.07) is 8.50. The minimum atomic E-state index is 0. The summed E-state index contributed by atoms with van der Waals surface area (Å²) in [4.78, 5) is 0.415. The first-order valence-electron chi connectivity index (χ1n) is 3.31. The second-order valence-electron chi connectivity index (χ2n) is 2.22. The van der Waals surface area contributed by atoms with Crippen LogP contribution >= 0.6 is 12.6 Å². The number of hydrogen-bond acceptors (Lipinski definition) is 4. The molecule has 0 N–H and O–H groups in total. The minimum Gasteiger partial charge on any atom is -0.192 e. The van der Waals surface area contributed by atoms with Crippen molar-refractivity contribution in [1.29, 1.82) is 15.8 Å². The predicted octanol–water partition coefficient (Wildman–Crippen LogP) is 1.59. The largest absolute Gasteiger partial charge is 0.192 e. The summed E-state index contributed by atoms with van der Waals surface area (Å²) in [5, 5.41) is 26.0. The predicted molar refractivity (Wildman–Crippen MR) is 47.8 cm³/mol. The molecule has 14 heavy (non-hydrogen) atoms. The van der Waals surface area contributed by atoms with Gasteiger partial charge in [0.15, 0.2) is 0 Å². The zero-order chi connectivity index (χ0) is 9.84. The standard InChI is InChI=1S/C9H3N3S.Zn/c10-3-6-1-2-9(13)8(5-12)7(6)4-11;/h1-2,13H;. The van der Waals surface area contributed by atoms with Crippen molar-refractivity contribution in [2.24, 2.45) is 0 Å². The van der Waals surface area contributed by atoms with E-state index < -0.39 is 0 Å². The molecule has 0 saturated carbocycles. The van der Waals surface area contributed by atoms with Crippen LogP contribution in [0.4, 0.5) is 0 Å². The summed E-state index contributed by atoms with van der Waals surface area (Å²) in [6.45, 7) is 0. The third-order valence-corrected chi connectivity index (χ3v) is 1.90. The van der Waals surface area contributed by atoms with Crippen molar-refractivity contribution in [1.82, 2.24) is 0 Å². The van der Waals surface area contributed by atoms with E-state index in [0.29, 0.717) is 4.90 Å². The van der Waals surface area contributed by atoms with E-state index in [1.165, 1.54) is 12.1 Å². The average molecular weight is 251 g/mol. The fourth-order valence-corrected chi connectivity index (χ4v) is 1.15. The second-order valence-corrected chi connectivity index (χ2v) is 2.70. The molecule has 0 unspecified atom stereocenters. The van der Waals surface area contributed by atoms with E-state index in [1.807, 2.05) is 18.2 Å². The topological polar surface area (TPSA) is 71.4 Å². The van der Waals surface area contributed by atoms with Crippen LogP contribution in [0.25, 0.3) is 0 Å². The zero-order valence-electron chi connectivity index (χ0n) is 7.15. The summed E-state index contributed by atoms with van der Waals surface area (Å²) in [5.74, 6) is 0. The van der Waals surface area contributed by atoms with Gasteiger partial charge in [-0.3, -0.25) is 0 Å². The van der Waals surface area contributed by atoms with Crippen molar-refractivity contribution < 1.29 is 19.5 Å². The van der Waals surface area contributed by atoms with Crippen LogP contribution in [0.15, 0.2) is 17.0 Å². The molecule has 0 aliphatic rings. The Morgan fingerprint density at radius 2 is 1.50 bits per heavy atom. The Labute approximate surface area is 99.7 Å². The summed E-state index contributed by atoms with van der Waals surface area (Å²) < 4.78 is 0. The van der Waals surface area contributed by atoms with E-state index >= 15 is 0 Å². The zero-order valence-corrected chi connectivity index (χ0v) is 11.0. The Hall–Kier alpha value is -1.34. The summed E-state index contributed by atoms with van der Waals surface area (Å²) >= 11 is 4.00. The Morgan fingerprint density at radius 1 is 0.929 bits per heavy atom. The molecule has 0 aromatic heterocycles. The first-order valence-corrected chi connectivity index (χ1v) is 3.75.